The first-order valence-electron chi connectivity index (χ1n) is 8.38. The number of aromatic nitrogens is 2. The van der Waals surface area contributed by atoms with Crippen molar-refractivity contribution in [3.8, 4) is 0 Å². The summed E-state index contributed by atoms with van der Waals surface area (Å²) < 4.78 is 16.7. The maximum Gasteiger partial charge on any atom is 0.508 e. The third-order valence-corrected chi connectivity index (χ3v) is 4.00. The smallest absolute Gasteiger partial charge is 0.434 e. The topological polar surface area (TPSA) is 169 Å². The van der Waals surface area contributed by atoms with Crippen molar-refractivity contribution in [2.24, 2.45) is 5.11 Å². The molecule has 0 unspecified atom stereocenters. The summed E-state index contributed by atoms with van der Waals surface area (Å²) in [5.41, 5.74) is 7.89. The third kappa shape index (κ3) is 5.58. The second kappa shape index (κ2) is 9.76. The summed E-state index contributed by atoms with van der Waals surface area (Å²) in [6, 6.07) is -0.665. The Kier molecular flexibility index (Phi) is 7.41. The molecule has 2 heterocycles. The Hall–Kier alpha value is -2.82. The molecule has 1 aromatic rings. The molecule has 0 spiro atoms. The average Bonchev–Trinajstić information content (AvgIpc) is 3.03. The molecular weight excluding hydrogens is 362 g/mol. The summed E-state index contributed by atoms with van der Waals surface area (Å²) in [6.07, 6.45) is 0.0905. The van der Waals surface area contributed by atoms with Crippen LogP contribution in [0.15, 0.2) is 20.9 Å². The minimum absolute atomic E-state index is 0.00709. The van der Waals surface area contributed by atoms with Crippen LogP contribution in [0, 0.1) is 6.92 Å². The highest BCUT2D eigenvalue weighted by molar-refractivity contribution is 5.59. The minimum Gasteiger partial charge on any atom is -0.434 e. The Morgan fingerprint density at radius 3 is 2.96 bits per heavy atom. The molecule has 1 aromatic heterocycles. The molecule has 2 N–H and O–H groups in total. The number of carbonyl (C=O) groups excluding carboxylic acids is 1. The molecule has 12 heteroatoms. The molecule has 27 heavy (non-hydrogen) atoms. The standard InChI is InChI=1S/C15H21N5O7/c1-9-7-20(14(23)17-13(9)22)12-6-10(18-19-16)11(27-12)8-26-15(24)25-5-3-2-4-21/h7,10-12,21H,2-6,8H2,1H3,(H,17,22,23)/t10-,11+,12+/m0/s1. The van der Waals surface area contributed by atoms with Gasteiger partial charge in [0.15, 0.2) is 0 Å². The maximum absolute atomic E-state index is 12.0. The lowest BCUT2D eigenvalue weighted by Crippen LogP contribution is -2.33. The number of azide groups is 1. The number of aryl methyl sites for hydroxylation is 1. The Labute approximate surface area is 153 Å². The van der Waals surface area contributed by atoms with Crippen molar-refractivity contribution < 1.29 is 24.1 Å². The van der Waals surface area contributed by atoms with E-state index >= 15 is 0 Å². The molecule has 2 rings (SSSR count). The molecule has 1 fully saturated rings. The summed E-state index contributed by atoms with van der Waals surface area (Å²) in [4.78, 5) is 40.0. The Bertz CT molecular complexity index is 814. The van der Waals surface area contributed by atoms with Crippen LogP contribution in [0.1, 0.15) is 31.1 Å². The van der Waals surface area contributed by atoms with E-state index in [1.807, 2.05) is 0 Å². The SMILES string of the molecule is Cc1cn([C@H]2C[C@H](N=[N+]=[N-])[C@@H](COC(=O)OCCCCO)O2)c(=O)[nH]c1=O. The summed E-state index contributed by atoms with van der Waals surface area (Å²) >= 11 is 0. The molecule has 0 saturated carbocycles. The van der Waals surface area contributed by atoms with Crippen molar-refractivity contribution in [3.63, 3.8) is 0 Å². The van der Waals surface area contributed by atoms with Gasteiger partial charge in [-0.3, -0.25) is 14.3 Å². The molecule has 0 bridgehead atoms. The zero-order chi connectivity index (χ0) is 19.8. The van der Waals surface area contributed by atoms with E-state index in [9.17, 15) is 14.4 Å². The summed E-state index contributed by atoms with van der Waals surface area (Å²) in [7, 11) is 0. The molecule has 1 aliphatic heterocycles. The van der Waals surface area contributed by atoms with Gasteiger partial charge in [-0.1, -0.05) is 5.11 Å². The van der Waals surface area contributed by atoms with Crippen molar-refractivity contribution in [3.05, 3.63) is 43.0 Å². The van der Waals surface area contributed by atoms with Gasteiger partial charge in [-0.15, -0.1) is 0 Å². The zero-order valence-corrected chi connectivity index (χ0v) is 14.7. The van der Waals surface area contributed by atoms with E-state index in [1.54, 1.807) is 6.92 Å². The molecule has 0 amide bonds. The number of hydrogen-bond donors (Lipinski definition) is 2. The van der Waals surface area contributed by atoms with E-state index in [4.69, 9.17) is 24.8 Å². The molecule has 1 aliphatic rings. The van der Waals surface area contributed by atoms with Gasteiger partial charge in [-0.25, -0.2) is 9.59 Å². The van der Waals surface area contributed by atoms with Crippen LogP contribution < -0.4 is 11.2 Å². The number of carbonyl (C=O) groups is 1. The van der Waals surface area contributed by atoms with Crippen molar-refractivity contribution in [2.45, 2.75) is 44.6 Å². The number of aliphatic hydroxyl groups excluding tert-OH is 1. The quantitative estimate of drug-likeness (QED) is 0.219. The van der Waals surface area contributed by atoms with Crippen molar-refractivity contribution in [1.29, 1.82) is 0 Å². The first kappa shape index (κ1) is 20.5. The number of nitrogens with zero attached hydrogens (tertiary/aromatic N) is 4. The van der Waals surface area contributed by atoms with Crippen LogP contribution in [-0.2, 0) is 14.2 Å². The first-order chi connectivity index (χ1) is 13.0. The largest absolute Gasteiger partial charge is 0.508 e. The normalized spacial score (nSPS) is 21.5. The minimum atomic E-state index is -0.906. The summed E-state index contributed by atoms with van der Waals surface area (Å²) in [6.45, 7) is 1.44. The van der Waals surface area contributed by atoms with Crippen LogP contribution in [0.25, 0.3) is 10.4 Å². The van der Waals surface area contributed by atoms with E-state index in [0.717, 1.165) is 0 Å². The van der Waals surface area contributed by atoms with Crippen molar-refractivity contribution in [2.75, 3.05) is 19.8 Å². The van der Waals surface area contributed by atoms with Gasteiger partial charge in [0.05, 0.1) is 12.6 Å². The van der Waals surface area contributed by atoms with Gasteiger partial charge in [0, 0.05) is 29.7 Å². The lowest BCUT2D eigenvalue weighted by atomic mass is 10.1. The highest BCUT2D eigenvalue weighted by atomic mass is 16.7. The van der Waals surface area contributed by atoms with Crippen LogP contribution in [0.3, 0.4) is 0 Å². The fourth-order valence-electron chi connectivity index (χ4n) is 2.58. The van der Waals surface area contributed by atoms with Crippen LogP contribution >= 0.6 is 0 Å². The van der Waals surface area contributed by atoms with Gasteiger partial charge in [0.1, 0.15) is 18.9 Å². The molecule has 0 aromatic carbocycles. The lowest BCUT2D eigenvalue weighted by molar-refractivity contribution is -0.0424. The van der Waals surface area contributed by atoms with Gasteiger partial charge < -0.3 is 19.3 Å². The molecule has 12 nitrogen and oxygen atoms in total. The molecule has 0 radical (unpaired) electrons. The Morgan fingerprint density at radius 1 is 1.48 bits per heavy atom. The molecule has 1 saturated heterocycles. The Morgan fingerprint density at radius 2 is 2.26 bits per heavy atom. The van der Waals surface area contributed by atoms with Gasteiger partial charge in [0.2, 0.25) is 0 Å². The maximum atomic E-state index is 12.0. The molecule has 3 atom stereocenters. The Balaban J connectivity index is 1.99. The predicted octanol–water partition coefficient (Wildman–Crippen LogP) is 0.737. The predicted molar refractivity (Wildman–Crippen MR) is 91.1 cm³/mol. The monoisotopic (exact) mass is 383 g/mol. The zero-order valence-electron chi connectivity index (χ0n) is 14.7. The van der Waals surface area contributed by atoms with Crippen LogP contribution in [0.5, 0.6) is 0 Å². The second-order valence-electron chi connectivity index (χ2n) is 5.96. The highest BCUT2D eigenvalue weighted by Crippen LogP contribution is 2.30. The van der Waals surface area contributed by atoms with Gasteiger partial charge in [-0.05, 0) is 25.3 Å². The number of hydrogen-bond acceptors (Lipinski definition) is 8. The van der Waals surface area contributed by atoms with Gasteiger partial charge in [0.25, 0.3) is 5.56 Å². The fraction of sp³-hybridized carbons (Fsp3) is 0.667. The summed E-state index contributed by atoms with van der Waals surface area (Å²) in [5.74, 6) is 0. The molecule has 0 aliphatic carbocycles. The highest BCUT2D eigenvalue weighted by Gasteiger charge is 2.37. The molecule has 148 valence electrons. The number of H-pyrrole nitrogens is 1. The third-order valence-electron chi connectivity index (χ3n) is 4.00. The van der Waals surface area contributed by atoms with E-state index in [-0.39, 0.29) is 26.2 Å². The van der Waals surface area contributed by atoms with E-state index in [0.29, 0.717) is 18.4 Å². The average molecular weight is 383 g/mol. The van der Waals surface area contributed by atoms with Crippen molar-refractivity contribution in [1.82, 2.24) is 9.55 Å². The first-order valence-corrected chi connectivity index (χ1v) is 8.38. The van der Waals surface area contributed by atoms with E-state index in [2.05, 4.69) is 15.0 Å². The number of ether oxygens (including phenoxy) is 3. The van der Waals surface area contributed by atoms with E-state index < -0.39 is 35.8 Å². The van der Waals surface area contributed by atoms with Crippen LogP contribution in [-0.4, -0.2) is 52.8 Å². The number of unbranched alkanes of at least 4 members (excludes halogenated alkanes) is 1. The fourth-order valence-corrected chi connectivity index (χ4v) is 2.58. The van der Waals surface area contributed by atoms with Gasteiger partial charge >= 0.3 is 11.8 Å². The van der Waals surface area contributed by atoms with E-state index in [1.165, 1.54) is 10.8 Å². The number of rotatable bonds is 8. The van der Waals surface area contributed by atoms with Crippen molar-refractivity contribution >= 4 is 6.16 Å². The number of aliphatic hydroxyl groups is 1. The summed E-state index contributed by atoms with van der Waals surface area (Å²) in [5, 5.41) is 12.3. The lowest BCUT2D eigenvalue weighted by Gasteiger charge is -2.16. The second-order valence-corrected chi connectivity index (χ2v) is 5.96. The van der Waals surface area contributed by atoms with Gasteiger partial charge in [-0.2, -0.15) is 0 Å². The number of aromatic amines is 1. The van der Waals surface area contributed by atoms with Crippen LogP contribution in [0.2, 0.25) is 0 Å². The molecular formula is C15H21N5O7. The van der Waals surface area contributed by atoms with Crippen LogP contribution in [0.4, 0.5) is 4.79 Å². The number of nitrogens with one attached hydrogen (secondary N) is 1.